The summed E-state index contributed by atoms with van der Waals surface area (Å²) in [4.78, 5) is 27.9. The van der Waals surface area contributed by atoms with Crippen LogP contribution in [0.25, 0.3) is 0 Å². The molecule has 8 heteroatoms. The van der Waals surface area contributed by atoms with Gasteiger partial charge in [-0.25, -0.2) is 0 Å². The molecule has 0 radical (unpaired) electrons. The average Bonchev–Trinajstić information content (AvgIpc) is 2.66. The third-order valence-corrected chi connectivity index (χ3v) is 5.73. The van der Waals surface area contributed by atoms with Crippen molar-refractivity contribution in [2.75, 3.05) is 32.8 Å². The highest BCUT2D eigenvalue weighted by atomic mass is 35.5. The van der Waals surface area contributed by atoms with Gasteiger partial charge >= 0.3 is 0 Å². The van der Waals surface area contributed by atoms with Gasteiger partial charge in [0.15, 0.2) is 0 Å². The van der Waals surface area contributed by atoms with E-state index in [0.29, 0.717) is 36.3 Å². The summed E-state index contributed by atoms with van der Waals surface area (Å²) < 4.78 is 5.43. The Morgan fingerprint density at radius 2 is 1.76 bits per heavy atom. The Bertz CT molecular complexity index is 706. The molecule has 0 bridgehead atoms. The molecule has 1 aromatic rings. The van der Waals surface area contributed by atoms with Crippen LogP contribution in [-0.2, 0) is 9.53 Å². The van der Waals surface area contributed by atoms with Crippen LogP contribution in [0.3, 0.4) is 0 Å². The highest BCUT2D eigenvalue weighted by Crippen LogP contribution is 2.21. The lowest BCUT2D eigenvalue weighted by Crippen LogP contribution is -2.55. The molecular weight excluding hydrogens is 413 g/mol. The summed E-state index contributed by atoms with van der Waals surface area (Å²) in [6, 6.07) is 4.23. The molecular formula is C21H31Cl2N3O3. The van der Waals surface area contributed by atoms with Crippen molar-refractivity contribution in [1.29, 1.82) is 0 Å². The second kappa shape index (κ2) is 11.2. The third kappa shape index (κ3) is 6.85. The molecule has 162 valence electrons. The molecule has 0 saturated carbocycles. The zero-order valence-electron chi connectivity index (χ0n) is 17.5. The van der Waals surface area contributed by atoms with Crippen molar-refractivity contribution in [2.45, 2.75) is 39.8 Å². The Morgan fingerprint density at radius 1 is 1.10 bits per heavy atom. The molecule has 0 unspecified atom stereocenters. The lowest BCUT2D eigenvalue weighted by molar-refractivity contribution is -0.124. The number of amides is 2. The Hall–Kier alpha value is -1.34. The zero-order valence-corrected chi connectivity index (χ0v) is 19.0. The number of hydrogen-bond acceptors (Lipinski definition) is 4. The fraction of sp³-hybridized carbons (Fsp3) is 0.619. The fourth-order valence-electron chi connectivity index (χ4n) is 3.44. The summed E-state index contributed by atoms with van der Waals surface area (Å²) in [6.07, 6.45) is 0. The zero-order chi connectivity index (χ0) is 21.6. The van der Waals surface area contributed by atoms with Gasteiger partial charge in [-0.05, 0) is 30.0 Å². The Labute approximate surface area is 183 Å². The number of nitrogens with zero attached hydrogens (tertiary/aromatic N) is 1. The van der Waals surface area contributed by atoms with Crippen LogP contribution in [0.15, 0.2) is 18.2 Å². The van der Waals surface area contributed by atoms with Crippen molar-refractivity contribution in [2.24, 2.45) is 11.8 Å². The molecule has 1 fully saturated rings. The van der Waals surface area contributed by atoms with Gasteiger partial charge in [-0.1, -0.05) is 50.9 Å². The molecule has 29 heavy (non-hydrogen) atoms. The Balaban J connectivity index is 2.01. The first-order chi connectivity index (χ1) is 13.7. The average molecular weight is 444 g/mol. The van der Waals surface area contributed by atoms with Crippen LogP contribution in [0.1, 0.15) is 38.1 Å². The van der Waals surface area contributed by atoms with Gasteiger partial charge < -0.3 is 15.4 Å². The highest BCUT2D eigenvalue weighted by molar-refractivity contribution is 6.36. The molecule has 0 spiro atoms. The van der Waals surface area contributed by atoms with Crippen LogP contribution in [0.5, 0.6) is 0 Å². The summed E-state index contributed by atoms with van der Waals surface area (Å²) in [7, 11) is 0. The molecule has 0 aromatic heterocycles. The first-order valence-electron chi connectivity index (χ1n) is 10.1. The predicted molar refractivity (Wildman–Crippen MR) is 117 cm³/mol. The van der Waals surface area contributed by atoms with Gasteiger partial charge in [0.2, 0.25) is 5.91 Å². The van der Waals surface area contributed by atoms with Crippen molar-refractivity contribution in [3.63, 3.8) is 0 Å². The molecule has 1 aliphatic rings. The molecule has 6 nitrogen and oxygen atoms in total. The normalized spacial score (nSPS) is 17.2. The molecule has 0 aliphatic carbocycles. The van der Waals surface area contributed by atoms with Crippen LogP contribution in [0, 0.1) is 11.8 Å². The molecule has 2 N–H and O–H groups in total. The smallest absolute Gasteiger partial charge is 0.253 e. The standard InChI is InChI=1S/C21H31Cl2N3O3/c1-13(2)18(26-7-9-29-10-8-26)12-24-21(28)19(14(3)4)25-20(27)16-6-5-15(22)11-17(16)23/h5-6,11,13-14,18-19H,7-10,12H2,1-4H3,(H,24,28)(H,25,27)/t18-,19-/m1/s1. The van der Waals surface area contributed by atoms with Crippen LogP contribution >= 0.6 is 23.2 Å². The minimum atomic E-state index is -0.660. The lowest BCUT2D eigenvalue weighted by atomic mass is 10.00. The summed E-state index contributed by atoms with van der Waals surface area (Å²) >= 11 is 12.0. The van der Waals surface area contributed by atoms with Gasteiger partial charge in [0.05, 0.1) is 23.8 Å². The fourth-order valence-corrected chi connectivity index (χ4v) is 3.93. The highest BCUT2D eigenvalue weighted by Gasteiger charge is 2.28. The second-order valence-corrected chi connectivity index (χ2v) is 8.87. The second-order valence-electron chi connectivity index (χ2n) is 8.02. The van der Waals surface area contributed by atoms with Gasteiger partial charge in [0.1, 0.15) is 6.04 Å². The van der Waals surface area contributed by atoms with Crippen LogP contribution in [0.4, 0.5) is 0 Å². The van der Waals surface area contributed by atoms with Crippen molar-refractivity contribution < 1.29 is 14.3 Å². The van der Waals surface area contributed by atoms with E-state index < -0.39 is 11.9 Å². The Morgan fingerprint density at radius 3 is 2.31 bits per heavy atom. The van der Waals surface area contributed by atoms with Crippen LogP contribution in [0.2, 0.25) is 10.0 Å². The predicted octanol–water partition coefficient (Wildman–Crippen LogP) is 3.22. The van der Waals surface area contributed by atoms with Crippen molar-refractivity contribution in [3.8, 4) is 0 Å². The molecule has 2 rings (SSSR count). The number of benzene rings is 1. The number of nitrogens with one attached hydrogen (secondary N) is 2. The number of halogens is 2. The van der Waals surface area contributed by atoms with Gasteiger partial charge in [-0.3, -0.25) is 14.5 Å². The topological polar surface area (TPSA) is 70.7 Å². The molecule has 1 heterocycles. The van der Waals surface area contributed by atoms with Crippen molar-refractivity contribution in [3.05, 3.63) is 33.8 Å². The number of carbonyl (C=O) groups is 2. The number of hydrogen-bond donors (Lipinski definition) is 2. The number of ether oxygens (including phenoxy) is 1. The van der Waals surface area contributed by atoms with E-state index in [0.717, 1.165) is 13.1 Å². The van der Waals surface area contributed by atoms with Gasteiger partial charge in [-0.15, -0.1) is 0 Å². The quantitative estimate of drug-likeness (QED) is 0.646. The maximum atomic E-state index is 12.9. The molecule has 2 amide bonds. The van der Waals surface area contributed by atoms with E-state index in [1.54, 1.807) is 12.1 Å². The molecule has 1 saturated heterocycles. The summed E-state index contributed by atoms with van der Waals surface area (Å²) in [6.45, 7) is 11.8. The number of morpholine rings is 1. The molecule has 1 aromatic carbocycles. The SMILES string of the molecule is CC(C)[C@@H](CNC(=O)[C@H](NC(=O)c1ccc(Cl)cc1Cl)C(C)C)N1CCOCC1. The third-order valence-electron chi connectivity index (χ3n) is 5.18. The molecule has 1 aliphatic heterocycles. The van der Waals surface area contributed by atoms with Gasteiger partial charge in [0, 0.05) is 30.7 Å². The van der Waals surface area contributed by atoms with Crippen LogP contribution < -0.4 is 10.6 Å². The maximum Gasteiger partial charge on any atom is 0.253 e. The molecule has 2 atom stereocenters. The summed E-state index contributed by atoms with van der Waals surface area (Å²) in [5, 5.41) is 6.55. The Kier molecular flexibility index (Phi) is 9.21. The summed E-state index contributed by atoms with van der Waals surface area (Å²) in [5.41, 5.74) is 0.294. The lowest BCUT2D eigenvalue weighted by Gasteiger charge is -2.37. The largest absolute Gasteiger partial charge is 0.379 e. The minimum Gasteiger partial charge on any atom is -0.379 e. The van der Waals surface area contributed by atoms with E-state index in [1.807, 2.05) is 13.8 Å². The number of carbonyl (C=O) groups excluding carboxylic acids is 2. The van der Waals surface area contributed by atoms with Crippen molar-refractivity contribution >= 4 is 35.0 Å². The van der Waals surface area contributed by atoms with E-state index in [1.165, 1.54) is 6.07 Å². The van der Waals surface area contributed by atoms with E-state index in [4.69, 9.17) is 27.9 Å². The van der Waals surface area contributed by atoms with Gasteiger partial charge in [0.25, 0.3) is 5.91 Å². The van der Waals surface area contributed by atoms with Gasteiger partial charge in [-0.2, -0.15) is 0 Å². The summed E-state index contributed by atoms with van der Waals surface area (Å²) in [5.74, 6) is -0.286. The first-order valence-corrected chi connectivity index (χ1v) is 10.8. The minimum absolute atomic E-state index is 0.0779. The number of rotatable bonds is 8. The van der Waals surface area contributed by atoms with Crippen LogP contribution in [-0.4, -0.2) is 61.6 Å². The van der Waals surface area contributed by atoms with E-state index in [9.17, 15) is 9.59 Å². The van der Waals surface area contributed by atoms with E-state index in [2.05, 4.69) is 29.4 Å². The van der Waals surface area contributed by atoms with Crippen molar-refractivity contribution in [1.82, 2.24) is 15.5 Å². The van der Waals surface area contributed by atoms with E-state index >= 15 is 0 Å². The first kappa shape index (κ1) is 23.9. The monoisotopic (exact) mass is 443 g/mol. The van der Waals surface area contributed by atoms with E-state index in [-0.39, 0.29) is 22.9 Å². The maximum absolute atomic E-state index is 12.9.